The molecule has 2 aromatic heterocycles. The number of hydrogen-bond acceptors (Lipinski definition) is 5. The van der Waals surface area contributed by atoms with Crippen LogP contribution in [0.4, 0.5) is 0 Å². The van der Waals surface area contributed by atoms with Crippen molar-refractivity contribution in [3.63, 3.8) is 0 Å². The summed E-state index contributed by atoms with van der Waals surface area (Å²) in [5, 5.41) is 2.01. The molecule has 1 amide bonds. The summed E-state index contributed by atoms with van der Waals surface area (Å²) in [6.07, 6.45) is 3.91. The van der Waals surface area contributed by atoms with E-state index in [-0.39, 0.29) is 12.0 Å². The average Bonchev–Trinajstić information content (AvgIpc) is 3.06. The van der Waals surface area contributed by atoms with Crippen LogP contribution < -0.4 is 0 Å². The van der Waals surface area contributed by atoms with Gasteiger partial charge in [-0.25, -0.2) is 9.97 Å². The quantitative estimate of drug-likeness (QED) is 0.843. The van der Waals surface area contributed by atoms with Crippen molar-refractivity contribution in [1.29, 1.82) is 0 Å². The Labute approximate surface area is 140 Å². The molecule has 23 heavy (non-hydrogen) atoms. The third kappa shape index (κ3) is 4.59. The molecule has 0 bridgehead atoms. The van der Waals surface area contributed by atoms with E-state index in [4.69, 9.17) is 4.74 Å². The van der Waals surface area contributed by atoms with E-state index in [1.807, 2.05) is 35.4 Å². The Morgan fingerprint density at radius 1 is 1.48 bits per heavy atom. The van der Waals surface area contributed by atoms with Crippen molar-refractivity contribution in [3.05, 3.63) is 46.2 Å². The van der Waals surface area contributed by atoms with E-state index in [0.717, 1.165) is 29.1 Å². The summed E-state index contributed by atoms with van der Waals surface area (Å²) in [6.45, 7) is 3.94. The number of rotatable bonds is 5. The second-order valence-corrected chi connectivity index (χ2v) is 6.81. The molecule has 1 aliphatic heterocycles. The third-order valence-corrected chi connectivity index (χ3v) is 4.86. The largest absolute Gasteiger partial charge is 0.375 e. The molecule has 0 saturated carbocycles. The molecule has 5 nitrogen and oxygen atoms in total. The van der Waals surface area contributed by atoms with Crippen molar-refractivity contribution in [2.24, 2.45) is 0 Å². The van der Waals surface area contributed by atoms with Crippen LogP contribution in [-0.4, -0.2) is 46.6 Å². The van der Waals surface area contributed by atoms with Crippen molar-refractivity contribution in [2.45, 2.75) is 32.3 Å². The van der Waals surface area contributed by atoms with E-state index in [9.17, 15) is 4.79 Å². The molecule has 1 unspecified atom stereocenters. The summed E-state index contributed by atoms with van der Waals surface area (Å²) in [4.78, 5) is 23.8. The molecule has 1 saturated heterocycles. The molecule has 2 aromatic rings. The first-order valence-corrected chi connectivity index (χ1v) is 8.78. The van der Waals surface area contributed by atoms with Crippen LogP contribution in [0.5, 0.6) is 0 Å². The minimum atomic E-state index is 0.0892. The van der Waals surface area contributed by atoms with E-state index < -0.39 is 0 Å². The summed E-state index contributed by atoms with van der Waals surface area (Å²) >= 11 is 1.63. The smallest absolute Gasteiger partial charge is 0.227 e. The van der Waals surface area contributed by atoms with Gasteiger partial charge in [-0.15, -0.1) is 11.3 Å². The fraction of sp³-hybridized carbons (Fsp3) is 0.471. The zero-order valence-electron chi connectivity index (χ0n) is 13.3. The highest BCUT2D eigenvalue weighted by Crippen LogP contribution is 2.15. The van der Waals surface area contributed by atoms with Gasteiger partial charge in [0.2, 0.25) is 5.91 Å². The maximum Gasteiger partial charge on any atom is 0.227 e. The van der Waals surface area contributed by atoms with Gasteiger partial charge >= 0.3 is 0 Å². The molecule has 0 aliphatic carbocycles. The van der Waals surface area contributed by atoms with Gasteiger partial charge in [-0.2, -0.15) is 0 Å². The highest BCUT2D eigenvalue weighted by atomic mass is 32.1. The lowest BCUT2D eigenvalue weighted by Crippen LogP contribution is -2.46. The normalized spacial score (nSPS) is 18.1. The van der Waals surface area contributed by atoms with Crippen molar-refractivity contribution >= 4 is 17.2 Å². The lowest BCUT2D eigenvalue weighted by Gasteiger charge is -2.33. The van der Waals surface area contributed by atoms with Gasteiger partial charge in [-0.1, -0.05) is 6.07 Å². The summed E-state index contributed by atoms with van der Waals surface area (Å²) in [7, 11) is 0. The predicted octanol–water partition coefficient (Wildman–Crippen LogP) is 2.25. The van der Waals surface area contributed by atoms with E-state index in [0.29, 0.717) is 26.1 Å². The second-order valence-electron chi connectivity index (χ2n) is 5.78. The van der Waals surface area contributed by atoms with Crippen molar-refractivity contribution in [1.82, 2.24) is 14.9 Å². The summed E-state index contributed by atoms with van der Waals surface area (Å²) < 4.78 is 5.81. The maximum atomic E-state index is 12.4. The van der Waals surface area contributed by atoms with Gasteiger partial charge < -0.3 is 9.64 Å². The van der Waals surface area contributed by atoms with Crippen LogP contribution >= 0.6 is 11.3 Å². The van der Waals surface area contributed by atoms with Gasteiger partial charge in [0.1, 0.15) is 6.33 Å². The Hall–Kier alpha value is -1.79. The Morgan fingerprint density at radius 3 is 3.17 bits per heavy atom. The maximum absolute atomic E-state index is 12.4. The molecule has 122 valence electrons. The standard InChI is InChI=1S/C17H21N3O2S/c1-13-9-14(19-12-18-13)4-5-15-11-20(6-7-22-15)17(21)10-16-3-2-8-23-16/h2-3,8-9,12,15H,4-7,10-11H2,1H3. The van der Waals surface area contributed by atoms with Crippen LogP contribution in [0.25, 0.3) is 0 Å². The van der Waals surface area contributed by atoms with Crippen LogP contribution in [0.2, 0.25) is 0 Å². The molecule has 0 N–H and O–H groups in total. The SMILES string of the molecule is Cc1cc(CCC2CN(C(=O)Cc3cccs3)CCO2)ncn1. The number of thiophene rings is 1. The molecule has 1 fully saturated rings. The Bertz CT molecular complexity index is 645. The van der Waals surface area contributed by atoms with Gasteiger partial charge in [-0.05, 0) is 37.3 Å². The molecule has 1 atom stereocenters. The molecular weight excluding hydrogens is 310 g/mol. The fourth-order valence-corrected chi connectivity index (χ4v) is 3.45. The third-order valence-electron chi connectivity index (χ3n) is 3.98. The number of carbonyl (C=O) groups is 1. The summed E-state index contributed by atoms with van der Waals surface area (Å²) in [5.41, 5.74) is 2.01. The van der Waals surface area contributed by atoms with Gasteiger partial charge in [-0.3, -0.25) is 4.79 Å². The Morgan fingerprint density at radius 2 is 2.39 bits per heavy atom. The number of carbonyl (C=O) groups excluding carboxylic acids is 1. The number of nitrogens with zero attached hydrogens (tertiary/aromatic N) is 3. The minimum Gasteiger partial charge on any atom is -0.375 e. The first kappa shape index (κ1) is 16.1. The Kier molecular flexibility index (Phi) is 5.35. The van der Waals surface area contributed by atoms with Crippen molar-refractivity contribution < 1.29 is 9.53 Å². The molecule has 1 aliphatic rings. The second kappa shape index (κ2) is 7.66. The lowest BCUT2D eigenvalue weighted by molar-refractivity contribution is -0.138. The topological polar surface area (TPSA) is 55.3 Å². The minimum absolute atomic E-state index is 0.0892. The van der Waals surface area contributed by atoms with Gasteiger partial charge in [0.25, 0.3) is 0 Å². The first-order chi connectivity index (χ1) is 11.2. The van der Waals surface area contributed by atoms with Crippen LogP contribution in [0.3, 0.4) is 0 Å². The Balaban J connectivity index is 1.50. The number of amides is 1. The van der Waals surface area contributed by atoms with Crippen LogP contribution in [0, 0.1) is 6.92 Å². The summed E-state index contributed by atoms with van der Waals surface area (Å²) in [6, 6.07) is 6.00. The number of aromatic nitrogens is 2. The molecule has 0 radical (unpaired) electrons. The molecule has 3 heterocycles. The lowest BCUT2D eigenvalue weighted by atomic mass is 10.1. The van der Waals surface area contributed by atoms with Gasteiger partial charge in [0.05, 0.1) is 19.1 Å². The zero-order valence-corrected chi connectivity index (χ0v) is 14.1. The first-order valence-electron chi connectivity index (χ1n) is 7.90. The highest BCUT2D eigenvalue weighted by Gasteiger charge is 2.24. The number of ether oxygens (including phenoxy) is 1. The highest BCUT2D eigenvalue weighted by molar-refractivity contribution is 7.10. The van der Waals surface area contributed by atoms with Crippen LogP contribution in [-0.2, 0) is 22.4 Å². The van der Waals surface area contributed by atoms with E-state index in [1.165, 1.54) is 0 Å². The van der Waals surface area contributed by atoms with Crippen molar-refractivity contribution in [3.8, 4) is 0 Å². The predicted molar refractivity (Wildman–Crippen MR) is 89.4 cm³/mol. The van der Waals surface area contributed by atoms with E-state index >= 15 is 0 Å². The molecule has 0 spiro atoms. The van der Waals surface area contributed by atoms with E-state index in [1.54, 1.807) is 17.7 Å². The van der Waals surface area contributed by atoms with Crippen molar-refractivity contribution in [2.75, 3.05) is 19.7 Å². The average molecular weight is 331 g/mol. The number of hydrogen-bond donors (Lipinski definition) is 0. The monoisotopic (exact) mass is 331 g/mol. The van der Waals surface area contributed by atoms with Gasteiger partial charge in [0.15, 0.2) is 0 Å². The zero-order chi connectivity index (χ0) is 16.1. The summed E-state index contributed by atoms with van der Waals surface area (Å²) in [5.74, 6) is 0.193. The van der Waals surface area contributed by atoms with Gasteiger partial charge in [0, 0.05) is 29.4 Å². The number of aryl methyl sites for hydroxylation is 2. The fourth-order valence-electron chi connectivity index (χ4n) is 2.75. The van der Waals surface area contributed by atoms with Crippen LogP contribution in [0.1, 0.15) is 22.7 Å². The molecule has 0 aromatic carbocycles. The van der Waals surface area contributed by atoms with E-state index in [2.05, 4.69) is 9.97 Å². The van der Waals surface area contributed by atoms with Crippen LogP contribution in [0.15, 0.2) is 29.9 Å². The molecular formula is C17H21N3O2S. The molecule has 3 rings (SSSR count). The number of morpholine rings is 1. The molecule has 6 heteroatoms.